The second kappa shape index (κ2) is 8.36. The Morgan fingerprint density at radius 2 is 2.25 bits per heavy atom. The van der Waals surface area contributed by atoms with Gasteiger partial charge >= 0.3 is 5.97 Å². The van der Waals surface area contributed by atoms with Gasteiger partial charge < -0.3 is 15.0 Å². The van der Waals surface area contributed by atoms with Crippen LogP contribution in [0.25, 0.3) is 0 Å². The number of carboxylic acids is 1. The molecule has 1 rings (SSSR count). The maximum atomic E-state index is 11.5. The predicted octanol–water partition coefficient (Wildman–Crippen LogP) is 0.336. The molecule has 1 amide bonds. The van der Waals surface area contributed by atoms with Crippen molar-refractivity contribution < 1.29 is 14.7 Å². The molecule has 0 aliphatic rings. The Labute approximate surface area is 120 Å². The van der Waals surface area contributed by atoms with Crippen LogP contribution in [0.3, 0.4) is 0 Å². The first-order valence-corrected chi connectivity index (χ1v) is 7.20. The predicted molar refractivity (Wildman–Crippen MR) is 74.8 cm³/mol. The zero-order valence-electron chi connectivity index (χ0n) is 11.2. The summed E-state index contributed by atoms with van der Waals surface area (Å²) >= 11 is 0.959. The molecule has 7 nitrogen and oxygen atoms in total. The highest BCUT2D eigenvalue weighted by atomic mass is 32.2. The van der Waals surface area contributed by atoms with Crippen LogP contribution in [0.15, 0.2) is 22.2 Å². The Kier molecular flexibility index (Phi) is 6.78. The Morgan fingerprint density at radius 1 is 1.50 bits per heavy atom. The Balaban J connectivity index is 2.66. The van der Waals surface area contributed by atoms with E-state index in [2.05, 4.69) is 10.3 Å². The molecule has 110 valence electrons. The lowest BCUT2D eigenvalue weighted by Crippen LogP contribution is -2.25. The molecule has 0 spiro atoms. The van der Waals surface area contributed by atoms with Crippen molar-refractivity contribution in [2.75, 3.05) is 12.3 Å². The summed E-state index contributed by atoms with van der Waals surface area (Å²) in [7, 11) is 0. The van der Waals surface area contributed by atoms with Gasteiger partial charge in [0.1, 0.15) is 0 Å². The Bertz CT molecular complexity index is 530. The van der Waals surface area contributed by atoms with Crippen molar-refractivity contribution in [1.29, 1.82) is 0 Å². The van der Waals surface area contributed by atoms with Crippen LogP contribution in [0.1, 0.15) is 19.8 Å². The van der Waals surface area contributed by atoms with Gasteiger partial charge in [-0.1, -0.05) is 18.7 Å². The topological polar surface area (TPSA) is 101 Å². The molecule has 0 aromatic carbocycles. The number of aryl methyl sites for hydroxylation is 1. The number of carbonyl (C=O) groups is 2. The van der Waals surface area contributed by atoms with Gasteiger partial charge in [-0.25, -0.2) is 0 Å². The number of rotatable bonds is 8. The Hall–Kier alpha value is -1.83. The minimum absolute atomic E-state index is 0.0836. The fourth-order valence-corrected chi connectivity index (χ4v) is 2.12. The molecule has 0 unspecified atom stereocenters. The molecular weight excluding hydrogens is 282 g/mol. The molecule has 20 heavy (non-hydrogen) atoms. The van der Waals surface area contributed by atoms with Crippen molar-refractivity contribution >= 4 is 23.6 Å². The van der Waals surface area contributed by atoms with E-state index in [0.717, 1.165) is 18.2 Å². The van der Waals surface area contributed by atoms with E-state index in [0.29, 0.717) is 18.2 Å². The molecule has 0 aliphatic carbocycles. The van der Waals surface area contributed by atoms with Gasteiger partial charge in [-0.3, -0.25) is 14.4 Å². The van der Waals surface area contributed by atoms with Crippen molar-refractivity contribution in [3.8, 4) is 0 Å². The van der Waals surface area contributed by atoms with E-state index in [1.807, 2.05) is 6.92 Å². The summed E-state index contributed by atoms with van der Waals surface area (Å²) < 4.78 is 1.61. The van der Waals surface area contributed by atoms with Crippen LogP contribution in [0, 0.1) is 0 Å². The normalized spacial score (nSPS) is 10.2. The summed E-state index contributed by atoms with van der Waals surface area (Å²) in [4.78, 5) is 37.0. The number of hydrogen-bond acceptors (Lipinski definition) is 5. The number of carbonyl (C=O) groups excluding carboxylic acids is 1. The number of nitrogens with one attached hydrogen (secondary N) is 1. The number of thioether (sulfide) groups is 1. The fourth-order valence-electron chi connectivity index (χ4n) is 1.40. The maximum Gasteiger partial charge on any atom is 0.313 e. The molecular formula is C12H17N3O4S. The summed E-state index contributed by atoms with van der Waals surface area (Å²) in [6.07, 6.45) is 2.64. The minimum atomic E-state index is -0.986. The zero-order chi connectivity index (χ0) is 15.0. The largest absolute Gasteiger partial charge is 0.481 e. The van der Waals surface area contributed by atoms with E-state index in [9.17, 15) is 14.4 Å². The van der Waals surface area contributed by atoms with Gasteiger partial charge in [-0.05, 0) is 6.42 Å². The van der Waals surface area contributed by atoms with E-state index in [1.165, 1.54) is 12.3 Å². The first-order valence-electron chi connectivity index (χ1n) is 6.21. The molecule has 1 aromatic heterocycles. The molecule has 0 atom stereocenters. The summed E-state index contributed by atoms with van der Waals surface area (Å²) in [6, 6.07) is 1.29. The summed E-state index contributed by atoms with van der Waals surface area (Å²) in [5.41, 5.74) is -0.426. The molecule has 0 saturated heterocycles. The summed E-state index contributed by atoms with van der Waals surface area (Å²) in [6.45, 7) is 2.94. The van der Waals surface area contributed by atoms with Gasteiger partial charge in [0.05, 0.1) is 5.75 Å². The van der Waals surface area contributed by atoms with Crippen LogP contribution in [-0.2, 0) is 16.1 Å². The third-order valence-corrected chi connectivity index (χ3v) is 3.30. The van der Waals surface area contributed by atoms with Gasteiger partial charge in [-0.15, -0.1) is 0 Å². The lowest BCUT2D eigenvalue weighted by molar-refractivity contribution is -0.134. The average Bonchev–Trinajstić information content (AvgIpc) is 2.41. The van der Waals surface area contributed by atoms with E-state index in [-0.39, 0.29) is 18.1 Å². The quantitative estimate of drug-likeness (QED) is 0.530. The minimum Gasteiger partial charge on any atom is -0.481 e. The molecule has 0 radical (unpaired) electrons. The van der Waals surface area contributed by atoms with Gasteiger partial charge in [-0.2, -0.15) is 4.98 Å². The van der Waals surface area contributed by atoms with Crippen LogP contribution in [0.2, 0.25) is 0 Å². The number of nitrogens with zero attached hydrogens (tertiary/aromatic N) is 2. The second-order valence-electron chi connectivity index (χ2n) is 4.02. The van der Waals surface area contributed by atoms with Crippen molar-refractivity contribution in [3.05, 3.63) is 22.6 Å². The van der Waals surface area contributed by atoms with Crippen LogP contribution < -0.4 is 10.9 Å². The SMILES string of the molecule is CCCNC(=O)CCn1ccc(=O)nc1SCC(=O)O. The summed E-state index contributed by atoms with van der Waals surface area (Å²) in [5, 5.41) is 11.7. The van der Waals surface area contributed by atoms with E-state index in [1.54, 1.807) is 4.57 Å². The molecule has 0 aliphatic heterocycles. The molecule has 0 bridgehead atoms. The Morgan fingerprint density at radius 3 is 2.90 bits per heavy atom. The number of carboxylic acid groups (broad SMARTS) is 1. The highest BCUT2D eigenvalue weighted by Crippen LogP contribution is 2.13. The standard InChI is InChI=1S/C12H17N3O4S/c1-2-5-13-9(16)3-6-15-7-4-10(17)14-12(15)20-8-11(18)19/h4,7H,2-3,5-6,8H2,1H3,(H,13,16)(H,18,19). The van der Waals surface area contributed by atoms with Gasteiger partial charge in [0.2, 0.25) is 5.91 Å². The average molecular weight is 299 g/mol. The molecule has 2 N–H and O–H groups in total. The molecule has 1 heterocycles. The van der Waals surface area contributed by atoms with Gasteiger partial charge in [0.15, 0.2) is 5.16 Å². The van der Waals surface area contributed by atoms with Crippen LogP contribution >= 0.6 is 11.8 Å². The van der Waals surface area contributed by atoms with E-state index < -0.39 is 11.5 Å². The van der Waals surface area contributed by atoms with Gasteiger partial charge in [0, 0.05) is 31.8 Å². The number of aliphatic carboxylic acids is 1. The van der Waals surface area contributed by atoms with Crippen molar-refractivity contribution in [3.63, 3.8) is 0 Å². The first kappa shape index (κ1) is 16.2. The van der Waals surface area contributed by atoms with Crippen molar-refractivity contribution in [2.45, 2.75) is 31.5 Å². The number of aromatic nitrogens is 2. The third-order valence-electron chi connectivity index (χ3n) is 2.33. The monoisotopic (exact) mass is 299 g/mol. The van der Waals surface area contributed by atoms with Crippen molar-refractivity contribution in [2.24, 2.45) is 0 Å². The van der Waals surface area contributed by atoms with Crippen LogP contribution in [0.5, 0.6) is 0 Å². The van der Waals surface area contributed by atoms with E-state index in [4.69, 9.17) is 5.11 Å². The first-order chi connectivity index (χ1) is 9.52. The highest BCUT2D eigenvalue weighted by molar-refractivity contribution is 7.99. The zero-order valence-corrected chi connectivity index (χ0v) is 12.0. The second-order valence-corrected chi connectivity index (χ2v) is 4.97. The van der Waals surface area contributed by atoms with Gasteiger partial charge in [0.25, 0.3) is 5.56 Å². The smallest absolute Gasteiger partial charge is 0.313 e. The fraction of sp³-hybridized carbons (Fsp3) is 0.500. The molecule has 0 fully saturated rings. The lowest BCUT2D eigenvalue weighted by Gasteiger charge is -2.10. The lowest BCUT2D eigenvalue weighted by atomic mass is 10.3. The maximum absolute atomic E-state index is 11.5. The molecule has 1 aromatic rings. The highest BCUT2D eigenvalue weighted by Gasteiger charge is 2.08. The summed E-state index contributed by atoms with van der Waals surface area (Å²) in [5.74, 6) is -1.25. The van der Waals surface area contributed by atoms with Crippen LogP contribution in [0.4, 0.5) is 0 Å². The number of amides is 1. The third kappa shape index (κ3) is 5.87. The number of hydrogen-bond donors (Lipinski definition) is 2. The van der Waals surface area contributed by atoms with Crippen molar-refractivity contribution in [1.82, 2.24) is 14.9 Å². The van der Waals surface area contributed by atoms with E-state index >= 15 is 0 Å². The van der Waals surface area contributed by atoms with Crippen LogP contribution in [-0.4, -0.2) is 38.8 Å². The molecule has 0 saturated carbocycles. The molecule has 8 heteroatoms.